The molecular formula is C15H29N5. The average molecular weight is 279 g/mol. The van der Waals surface area contributed by atoms with Gasteiger partial charge in [-0.3, -0.25) is 9.80 Å². The average Bonchev–Trinajstić information content (AvgIpc) is 2.92. The topological polar surface area (TPSA) is 38.4 Å². The van der Waals surface area contributed by atoms with E-state index in [-0.39, 0.29) is 0 Å². The van der Waals surface area contributed by atoms with Crippen LogP contribution in [0.5, 0.6) is 0 Å². The predicted molar refractivity (Wildman–Crippen MR) is 82.7 cm³/mol. The lowest BCUT2D eigenvalue weighted by molar-refractivity contribution is 0.105. The third kappa shape index (κ3) is 4.89. The van der Waals surface area contributed by atoms with Crippen LogP contribution in [0.2, 0.25) is 0 Å². The Morgan fingerprint density at radius 3 is 2.65 bits per heavy atom. The highest BCUT2D eigenvalue weighted by atomic mass is 15.3. The summed E-state index contributed by atoms with van der Waals surface area (Å²) >= 11 is 0. The highest BCUT2D eigenvalue weighted by molar-refractivity contribution is 4.86. The van der Waals surface area contributed by atoms with E-state index in [0.29, 0.717) is 6.04 Å². The van der Waals surface area contributed by atoms with E-state index in [1.165, 1.54) is 39.1 Å². The van der Waals surface area contributed by atoms with Crippen LogP contribution in [0.25, 0.3) is 0 Å². The summed E-state index contributed by atoms with van der Waals surface area (Å²) in [4.78, 5) is 14.9. The molecule has 0 spiro atoms. The fourth-order valence-corrected chi connectivity index (χ4v) is 2.79. The van der Waals surface area contributed by atoms with Crippen molar-refractivity contribution in [1.82, 2.24) is 24.7 Å². The molecule has 1 saturated heterocycles. The molecule has 1 aliphatic rings. The van der Waals surface area contributed by atoms with Crippen molar-refractivity contribution >= 4 is 0 Å². The second-order valence-electron chi connectivity index (χ2n) is 6.10. The van der Waals surface area contributed by atoms with Gasteiger partial charge >= 0.3 is 0 Å². The Morgan fingerprint density at radius 1 is 1.30 bits per heavy atom. The maximum atomic E-state index is 4.27. The number of aromatic nitrogens is 2. The van der Waals surface area contributed by atoms with Crippen molar-refractivity contribution < 1.29 is 0 Å². The van der Waals surface area contributed by atoms with Crippen LogP contribution in [0.1, 0.15) is 26.1 Å². The van der Waals surface area contributed by atoms with Gasteiger partial charge in [0.1, 0.15) is 5.82 Å². The maximum absolute atomic E-state index is 4.27. The SMILES string of the molecule is CC(C)N1CCN(CCCN(C)Cc2ncc[nH]2)CC1. The van der Waals surface area contributed by atoms with Crippen molar-refractivity contribution in [3.05, 3.63) is 18.2 Å². The number of H-pyrrole nitrogens is 1. The smallest absolute Gasteiger partial charge is 0.120 e. The zero-order chi connectivity index (χ0) is 14.4. The van der Waals surface area contributed by atoms with Gasteiger partial charge < -0.3 is 9.88 Å². The minimum atomic E-state index is 0.691. The van der Waals surface area contributed by atoms with Gasteiger partial charge in [-0.1, -0.05) is 0 Å². The van der Waals surface area contributed by atoms with Crippen molar-refractivity contribution in [2.45, 2.75) is 32.9 Å². The molecule has 1 aliphatic heterocycles. The number of hydrogen-bond acceptors (Lipinski definition) is 4. The van der Waals surface area contributed by atoms with E-state index >= 15 is 0 Å². The molecule has 0 aromatic carbocycles. The van der Waals surface area contributed by atoms with Gasteiger partial charge in [-0.05, 0) is 40.4 Å². The molecule has 0 saturated carbocycles. The number of hydrogen-bond donors (Lipinski definition) is 1. The Hall–Kier alpha value is -0.910. The van der Waals surface area contributed by atoms with Gasteiger partial charge in [0.15, 0.2) is 0 Å². The molecular weight excluding hydrogens is 250 g/mol. The first kappa shape index (κ1) is 15.5. The van der Waals surface area contributed by atoms with E-state index in [2.05, 4.69) is 45.6 Å². The van der Waals surface area contributed by atoms with Crippen LogP contribution in [0, 0.1) is 0 Å². The van der Waals surface area contributed by atoms with E-state index in [1.54, 1.807) is 0 Å². The summed E-state index contributed by atoms with van der Waals surface area (Å²) in [5, 5.41) is 0. The molecule has 0 unspecified atom stereocenters. The Labute approximate surface area is 123 Å². The lowest BCUT2D eigenvalue weighted by Gasteiger charge is -2.37. The molecule has 1 aromatic rings. The molecule has 0 aliphatic carbocycles. The molecule has 1 fully saturated rings. The molecule has 2 heterocycles. The highest BCUT2D eigenvalue weighted by Gasteiger charge is 2.18. The van der Waals surface area contributed by atoms with Gasteiger partial charge in [-0.25, -0.2) is 4.98 Å². The van der Waals surface area contributed by atoms with Crippen molar-refractivity contribution in [2.75, 3.05) is 46.3 Å². The van der Waals surface area contributed by atoms with Crippen LogP contribution < -0.4 is 0 Å². The predicted octanol–water partition coefficient (Wildman–Crippen LogP) is 1.26. The zero-order valence-electron chi connectivity index (χ0n) is 13.2. The standard InChI is InChI=1S/C15H29N5/c1-14(2)20-11-9-19(10-12-20)8-4-7-18(3)13-15-16-5-6-17-15/h5-6,14H,4,7-13H2,1-3H3,(H,16,17). The zero-order valence-corrected chi connectivity index (χ0v) is 13.2. The molecule has 5 nitrogen and oxygen atoms in total. The highest BCUT2D eigenvalue weighted by Crippen LogP contribution is 2.06. The van der Waals surface area contributed by atoms with Crippen molar-refractivity contribution in [3.63, 3.8) is 0 Å². The molecule has 0 radical (unpaired) electrons. The number of nitrogens with one attached hydrogen (secondary N) is 1. The molecule has 114 valence electrons. The number of nitrogens with zero attached hydrogens (tertiary/aromatic N) is 4. The van der Waals surface area contributed by atoms with Gasteiger partial charge in [0.2, 0.25) is 0 Å². The summed E-state index contributed by atoms with van der Waals surface area (Å²) in [5.74, 6) is 1.05. The van der Waals surface area contributed by atoms with Gasteiger partial charge in [0.05, 0.1) is 6.54 Å². The molecule has 0 atom stereocenters. The number of aromatic amines is 1. The van der Waals surface area contributed by atoms with E-state index in [0.717, 1.165) is 18.9 Å². The normalized spacial score (nSPS) is 18.2. The molecule has 1 N–H and O–H groups in total. The van der Waals surface area contributed by atoms with Crippen LogP contribution in [-0.2, 0) is 6.54 Å². The number of rotatable bonds is 7. The fraction of sp³-hybridized carbons (Fsp3) is 0.800. The summed E-state index contributed by atoms with van der Waals surface area (Å²) in [6.45, 7) is 12.7. The van der Waals surface area contributed by atoms with Crippen LogP contribution in [0.4, 0.5) is 0 Å². The first-order valence-electron chi connectivity index (χ1n) is 7.78. The minimum Gasteiger partial charge on any atom is -0.348 e. The molecule has 20 heavy (non-hydrogen) atoms. The van der Waals surface area contributed by atoms with Crippen LogP contribution in [-0.4, -0.2) is 77.0 Å². The monoisotopic (exact) mass is 279 g/mol. The summed E-state index contributed by atoms with van der Waals surface area (Å²) in [6, 6.07) is 0.691. The second kappa shape index (κ2) is 7.76. The van der Waals surface area contributed by atoms with Gasteiger partial charge in [0.25, 0.3) is 0 Å². The lowest BCUT2D eigenvalue weighted by Crippen LogP contribution is -2.49. The third-order valence-electron chi connectivity index (χ3n) is 4.13. The molecule has 5 heteroatoms. The molecule has 1 aromatic heterocycles. The maximum Gasteiger partial charge on any atom is 0.120 e. The van der Waals surface area contributed by atoms with Gasteiger partial charge in [-0.2, -0.15) is 0 Å². The van der Waals surface area contributed by atoms with Crippen molar-refractivity contribution in [1.29, 1.82) is 0 Å². The second-order valence-corrected chi connectivity index (χ2v) is 6.10. The Bertz CT molecular complexity index is 354. The number of imidazole rings is 1. The number of piperazine rings is 1. The molecule has 0 amide bonds. The van der Waals surface area contributed by atoms with E-state index in [9.17, 15) is 0 Å². The quantitative estimate of drug-likeness (QED) is 0.815. The van der Waals surface area contributed by atoms with E-state index in [4.69, 9.17) is 0 Å². The van der Waals surface area contributed by atoms with Crippen molar-refractivity contribution in [3.8, 4) is 0 Å². The first-order chi connectivity index (χ1) is 9.65. The summed E-state index contributed by atoms with van der Waals surface area (Å²) < 4.78 is 0. The Balaban J connectivity index is 1.57. The first-order valence-corrected chi connectivity index (χ1v) is 7.78. The molecule has 2 rings (SSSR count). The lowest BCUT2D eigenvalue weighted by atomic mass is 10.2. The molecule has 0 bridgehead atoms. The van der Waals surface area contributed by atoms with Gasteiger partial charge in [0, 0.05) is 44.6 Å². The summed E-state index contributed by atoms with van der Waals surface area (Å²) in [6.07, 6.45) is 4.94. The summed E-state index contributed by atoms with van der Waals surface area (Å²) in [7, 11) is 2.17. The third-order valence-corrected chi connectivity index (χ3v) is 4.13. The van der Waals surface area contributed by atoms with E-state index < -0.39 is 0 Å². The van der Waals surface area contributed by atoms with Crippen molar-refractivity contribution in [2.24, 2.45) is 0 Å². The minimum absolute atomic E-state index is 0.691. The largest absolute Gasteiger partial charge is 0.348 e. The Kier molecular flexibility index (Phi) is 6.01. The van der Waals surface area contributed by atoms with Crippen LogP contribution in [0.15, 0.2) is 12.4 Å². The van der Waals surface area contributed by atoms with Gasteiger partial charge in [-0.15, -0.1) is 0 Å². The Morgan fingerprint density at radius 2 is 2.05 bits per heavy atom. The van der Waals surface area contributed by atoms with Crippen LogP contribution in [0.3, 0.4) is 0 Å². The van der Waals surface area contributed by atoms with Crippen LogP contribution >= 0.6 is 0 Å². The fourth-order valence-electron chi connectivity index (χ4n) is 2.79. The summed E-state index contributed by atoms with van der Waals surface area (Å²) in [5.41, 5.74) is 0. The van der Waals surface area contributed by atoms with E-state index in [1.807, 2.05) is 12.4 Å².